The molecule has 8 heteroatoms. The van der Waals surface area contributed by atoms with Gasteiger partial charge in [0.25, 0.3) is 0 Å². The first-order chi connectivity index (χ1) is 13.5. The molecule has 0 aliphatic carbocycles. The fourth-order valence-electron chi connectivity index (χ4n) is 3.46. The zero-order valence-electron chi connectivity index (χ0n) is 15.0. The second-order valence-corrected chi connectivity index (χ2v) is 6.71. The van der Waals surface area contributed by atoms with E-state index in [4.69, 9.17) is 4.74 Å². The van der Waals surface area contributed by atoms with Crippen LogP contribution in [0.25, 0.3) is 0 Å². The lowest BCUT2D eigenvalue weighted by Crippen LogP contribution is -2.46. The quantitative estimate of drug-likeness (QED) is 0.860. The molecule has 2 heterocycles. The van der Waals surface area contributed by atoms with Gasteiger partial charge in [-0.25, -0.2) is 18.6 Å². The second-order valence-electron chi connectivity index (χ2n) is 6.71. The van der Waals surface area contributed by atoms with E-state index in [-0.39, 0.29) is 29.5 Å². The Morgan fingerprint density at radius 1 is 1.14 bits per heavy atom. The van der Waals surface area contributed by atoms with E-state index in [0.29, 0.717) is 31.9 Å². The predicted molar refractivity (Wildman–Crippen MR) is 98.0 cm³/mol. The standard InChI is InChI=1S/C20H19F2N3O3/c21-14-4-5-17(22)16(11-14)18-12-19(13-2-1-3-15(26)10-13)25(23-18)20(27)24-6-8-28-9-7-24/h1-5,10-11,19,26H,6-9,12H2. The molecule has 2 aromatic carbocycles. The molecule has 1 N–H and O–H groups in total. The highest BCUT2D eigenvalue weighted by molar-refractivity contribution is 6.03. The number of hydrazone groups is 1. The summed E-state index contributed by atoms with van der Waals surface area (Å²) in [4.78, 5) is 14.7. The summed E-state index contributed by atoms with van der Waals surface area (Å²) in [6, 6.07) is 8.82. The third-order valence-electron chi connectivity index (χ3n) is 4.88. The zero-order valence-corrected chi connectivity index (χ0v) is 15.0. The van der Waals surface area contributed by atoms with Crippen molar-refractivity contribution in [1.29, 1.82) is 0 Å². The van der Waals surface area contributed by atoms with Crippen LogP contribution in [0.4, 0.5) is 13.6 Å². The maximum Gasteiger partial charge on any atom is 0.341 e. The molecule has 2 aliphatic heterocycles. The van der Waals surface area contributed by atoms with Gasteiger partial charge in [0.2, 0.25) is 0 Å². The van der Waals surface area contributed by atoms with Gasteiger partial charge in [0.1, 0.15) is 17.4 Å². The molecule has 4 rings (SSSR count). The number of halogens is 2. The molecule has 0 radical (unpaired) electrons. The Kier molecular flexibility index (Phi) is 4.95. The van der Waals surface area contributed by atoms with Gasteiger partial charge in [-0.05, 0) is 35.9 Å². The summed E-state index contributed by atoms with van der Waals surface area (Å²) >= 11 is 0. The van der Waals surface area contributed by atoms with Gasteiger partial charge < -0.3 is 14.7 Å². The summed E-state index contributed by atoms with van der Waals surface area (Å²) in [6.45, 7) is 1.74. The Bertz CT molecular complexity index is 929. The lowest BCUT2D eigenvalue weighted by molar-refractivity contribution is 0.0408. The van der Waals surface area contributed by atoms with Crippen molar-refractivity contribution in [3.8, 4) is 5.75 Å². The van der Waals surface area contributed by atoms with Gasteiger partial charge in [-0.2, -0.15) is 5.10 Å². The molecule has 0 saturated carbocycles. The van der Waals surface area contributed by atoms with Gasteiger partial charge in [0, 0.05) is 25.1 Å². The highest BCUT2D eigenvalue weighted by Crippen LogP contribution is 2.35. The number of carbonyl (C=O) groups excluding carboxylic acids is 1. The van der Waals surface area contributed by atoms with Crippen LogP contribution in [-0.2, 0) is 4.74 Å². The summed E-state index contributed by atoms with van der Waals surface area (Å²) < 4.78 is 33.2. The Balaban J connectivity index is 1.71. The number of nitrogens with zero attached hydrogens (tertiary/aromatic N) is 3. The first kappa shape index (κ1) is 18.4. The number of hydrogen-bond donors (Lipinski definition) is 1. The van der Waals surface area contributed by atoms with Crippen LogP contribution in [-0.4, -0.2) is 53.1 Å². The van der Waals surface area contributed by atoms with Crippen molar-refractivity contribution in [2.45, 2.75) is 12.5 Å². The number of phenolic OH excluding ortho intramolecular Hbond substituents is 1. The van der Waals surface area contributed by atoms with E-state index in [1.54, 1.807) is 23.1 Å². The van der Waals surface area contributed by atoms with Crippen LogP contribution in [0, 0.1) is 11.6 Å². The first-order valence-electron chi connectivity index (χ1n) is 9.00. The number of phenols is 1. The Morgan fingerprint density at radius 2 is 1.93 bits per heavy atom. The van der Waals surface area contributed by atoms with Crippen molar-refractivity contribution in [2.24, 2.45) is 5.10 Å². The Hall–Kier alpha value is -3.00. The molecule has 2 amide bonds. The topological polar surface area (TPSA) is 65.4 Å². The Morgan fingerprint density at radius 3 is 2.68 bits per heavy atom. The van der Waals surface area contributed by atoms with E-state index in [9.17, 15) is 18.7 Å². The number of benzene rings is 2. The minimum Gasteiger partial charge on any atom is -0.508 e. The van der Waals surface area contributed by atoms with E-state index in [0.717, 1.165) is 18.2 Å². The lowest BCUT2D eigenvalue weighted by Gasteiger charge is -2.32. The van der Waals surface area contributed by atoms with Crippen molar-refractivity contribution in [2.75, 3.05) is 26.3 Å². The third-order valence-corrected chi connectivity index (χ3v) is 4.88. The van der Waals surface area contributed by atoms with E-state index < -0.39 is 17.7 Å². The molecular weight excluding hydrogens is 368 g/mol. The maximum absolute atomic E-state index is 14.3. The van der Waals surface area contributed by atoms with Gasteiger partial charge in [-0.15, -0.1) is 0 Å². The van der Waals surface area contributed by atoms with Gasteiger partial charge in [-0.1, -0.05) is 12.1 Å². The van der Waals surface area contributed by atoms with Crippen molar-refractivity contribution >= 4 is 11.7 Å². The van der Waals surface area contributed by atoms with Crippen LogP contribution in [0.15, 0.2) is 47.6 Å². The normalized spacial score (nSPS) is 19.6. The average Bonchev–Trinajstić information content (AvgIpc) is 3.15. The molecule has 1 atom stereocenters. The van der Waals surface area contributed by atoms with Crippen molar-refractivity contribution in [1.82, 2.24) is 9.91 Å². The van der Waals surface area contributed by atoms with Crippen LogP contribution in [0.5, 0.6) is 5.75 Å². The molecule has 2 aliphatic rings. The highest BCUT2D eigenvalue weighted by Gasteiger charge is 2.36. The number of ether oxygens (including phenoxy) is 1. The molecule has 0 aromatic heterocycles. The molecule has 6 nitrogen and oxygen atoms in total. The number of urea groups is 1. The lowest BCUT2D eigenvalue weighted by atomic mass is 9.98. The number of carbonyl (C=O) groups is 1. The second kappa shape index (κ2) is 7.55. The van der Waals surface area contributed by atoms with Crippen LogP contribution in [0.2, 0.25) is 0 Å². The monoisotopic (exact) mass is 387 g/mol. The van der Waals surface area contributed by atoms with Gasteiger partial charge in [0.15, 0.2) is 0 Å². The first-order valence-corrected chi connectivity index (χ1v) is 9.00. The molecule has 1 saturated heterocycles. The van der Waals surface area contributed by atoms with Crippen molar-refractivity contribution < 1.29 is 23.4 Å². The van der Waals surface area contributed by atoms with Gasteiger partial charge >= 0.3 is 6.03 Å². The number of hydrogen-bond acceptors (Lipinski definition) is 4. The number of morpholine rings is 1. The summed E-state index contributed by atoms with van der Waals surface area (Å²) in [5.74, 6) is -1.12. The highest BCUT2D eigenvalue weighted by atomic mass is 19.1. The minimum atomic E-state index is -0.601. The average molecular weight is 387 g/mol. The summed E-state index contributed by atoms with van der Waals surface area (Å²) in [5.41, 5.74) is 0.978. The van der Waals surface area contributed by atoms with Crippen LogP contribution in [0.1, 0.15) is 23.6 Å². The van der Waals surface area contributed by atoms with Crippen molar-refractivity contribution in [3.05, 3.63) is 65.2 Å². The smallest absolute Gasteiger partial charge is 0.341 e. The maximum atomic E-state index is 14.3. The molecule has 146 valence electrons. The van der Waals surface area contributed by atoms with E-state index in [1.165, 1.54) is 11.1 Å². The molecular formula is C20H19F2N3O3. The molecule has 2 aromatic rings. The predicted octanol–water partition coefficient (Wildman–Crippen LogP) is 3.27. The number of aromatic hydroxyl groups is 1. The molecule has 0 bridgehead atoms. The third kappa shape index (κ3) is 3.55. The van der Waals surface area contributed by atoms with Gasteiger partial charge in [-0.3, -0.25) is 0 Å². The summed E-state index contributed by atoms with van der Waals surface area (Å²) in [6.07, 6.45) is 0.208. The molecule has 0 spiro atoms. The minimum absolute atomic E-state index is 0.0300. The number of amides is 2. The largest absolute Gasteiger partial charge is 0.508 e. The summed E-state index contributed by atoms with van der Waals surface area (Å²) in [7, 11) is 0. The molecule has 1 unspecified atom stereocenters. The molecule has 1 fully saturated rings. The Labute approximate surface area is 160 Å². The van der Waals surface area contributed by atoms with Crippen LogP contribution >= 0.6 is 0 Å². The van der Waals surface area contributed by atoms with E-state index >= 15 is 0 Å². The van der Waals surface area contributed by atoms with E-state index in [2.05, 4.69) is 5.10 Å². The zero-order chi connectivity index (χ0) is 19.7. The fraction of sp³-hybridized carbons (Fsp3) is 0.300. The summed E-state index contributed by atoms with van der Waals surface area (Å²) in [5, 5.41) is 15.5. The number of rotatable bonds is 2. The fourth-order valence-corrected chi connectivity index (χ4v) is 3.46. The van der Waals surface area contributed by atoms with Crippen LogP contribution < -0.4 is 0 Å². The van der Waals surface area contributed by atoms with Gasteiger partial charge in [0.05, 0.1) is 25.0 Å². The molecule has 28 heavy (non-hydrogen) atoms. The van der Waals surface area contributed by atoms with E-state index in [1.807, 2.05) is 0 Å². The SMILES string of the molecule is O=C(N1CCOCC1)N1N=C(c2cc(F)ccc2F)CC1c1cccc(O)c1. The van der Waals surface area contributed by atoms with Crippen molar-refractivity contribution in [3.63, 3.8) is 0 Å². The van der Waals surface area contributed by atoms with Crippen LogP contribution in [0.3, 0.4) is 0 Å².